The van der Waals surface area contributed by atoms with Crippen molar-refractivity contribution in [2.24, 2.45) is 0 Å². The lowest BCUT2D eigenvalue weighted by Gasteiger charge is -2.23. The summed E-state index contributed by atoms with van der Waals surface area (Å²) in [4.78, 5) is 27.4. The highest BCUT2D eigenvalue weighted by Gasteiger charge is 2.44. The number of ether oxygens (including phenoxy) is 2. The third kappa shape index (κ3) is 4.22. The highest BCUT2D eigenvalue weighted by molar-refractivity contribution is 5.98. The average molecular weight is 396 g/mol. The van der Waals surface area contributed by atoms with Crippen LogP contribution in [-0.4, -0.2) is 40.7 Å². The molecule has 28 heavy (non-hydrogen) atoms. The van der Waals surface area contributed by atoms with Gasteiger partial charge >= 0.3 is 12.1 Å². The monoisotopic (exact) mass is 396 g/mol. The van der Waals surface area contributed by atoms with Gasteiger partial charge < -0.3 is 19.9 Å². The van der Waals surface area contributed by atoms with Crippen LogP contribution in [0.4, 0.5) is 13.2 Å². The van der Waals surface area contributed by atoms with Crippen LogP contribution in [0, 0.1) is 0 Å². The average Bonchev–Trinajstić information content (AvgIpc) is 3.12. The van der Waals surface area contributed by atoms with Gasteiger partial charge in [0.2, 0.25) is 5.88 Å². The van der Waals surface area contributed by atoms with Crippen molar-refractivity contribution in [3.63, 3.8) is 0 Å². The maximum atomic E-state index is 12.5. The minimum atomic E-state index is -4.49. The van der Waals surface area contributed by atoms with Crippen molar-refractivity contribution < 1.29 is 37.3 Å². The number of carboxylic acids is 1. The zero-order valence-corrected chi connectivity index (χ0v) is 14.3. The van der Waals surface area contributed by atoms with E-state index < -0.39 is 29.2 Å². The second-order valence-electron chi connectivity index (χ2n) is 6.15. The summed E-state index contributed by atoms with van der Waals surface area (Å²) in [6.45, 7) is 0.119. The molecule has 0 bridgehead atoms. The number of nitrogens with one attached hydrogen (secondary N) is 1. The number of carbonyl (C=O) groups is 2. The molecule has 1 atom stereocenters. The Morgan fingerprint density at radius 3 is 2.39 bits per heavy atom. The molecule has 2 heterocycles. The lowest BCUT2D eigenvalue weighted by Crippen LogP contribution is -2.55. The van der Waals surface area contributed by atoms with Gasteiger partial charge in [-0.25, -0.2) is 9.78 Å². The first kappa shape index (κ1) is 19.6. The van der Waals surface area contributed by atoms with Crippen molar-refractivity contribution in [2.45, 2.75) is 18.1 Å². The first-order chi connectivity index (χ1) is 13.2. The molecule has 10 heteroatoms. The highest BCUT2D eigenvalue weighted by Crippen LogP contribution is 2.30. The number of pyridine rings is 1. The number of alkyl halides is 3. The second-order valence-corrected chi connectivity index (χ2v) is 6.15. The number of carbonyl (C=O) groups excluding carboxylic acids is 1. The molecule has 2 aromatic rings. The SMILES string of the molecule is O=C(NC1(C(=O)O)CCOC1)c1ccc(Oc2ccc(C(F)(F)F)cn2)cc1. The van der Waals surface area contributed by atoms with E-state index in [1.54, 1.807) is 0 Å². The third-order valence-electron chi connectivity index (χ3n) is 4.19. The molecule has 1 unspecified atom stereocenters. The summed E-state index contributed by atoms with van der Waals surface area (Å²) in [6.07, 6.45) is -3.67. The molecule has 1 aromatic heterocycles. The van der Waals surface area contributed by atoms with Crippen LogP contribution >= 0.6 is 0 Å². The summed E-state index contributed by atoms with van der Waals surface area (Å²) < 4.78 is 48.0. The van der Waals surface area contributed by atoms with Crippen LogP contribution in [0.1, 0.15) is 22.3 Å². The molecule has 7 nitrogen and oxygen atoms in total. The highest BCUT2D eigenvalue weighted by atomic mass is 19.4. The van der Waals surface area contributed by atoms with Gasteiger partial charge in [-0.15, -0.1) is 0 Å². The van der Waals surface area contributed by atoms with Crippen LogP contribution in [0.3, 0.4) is 0 Å². The Morgan fingerprint density at radius 2 is 1.89 bits per heavy atom. The molecule has 1 aliphatic rings. The van der Waals surface area contributed by atoms with E-state index in [0.717, 1.165) is 12.1 Å². The van der Waals surface area contributed by atoms with E-state index in [-0.39, 0.29) is 36.8 Å². The van der Waals surface area contributed by atoms with Crippen molar-refractivity contribution in [3.05, 3.63) is 53.7 Å². The van der Waals surface area contributed by atoms with Gasteiger partial charge in [0.25, 0.3) is 5.91 Å². The summed E-state index contributed by atoms with van der Waals surface area (Å²) >= 11 is 0. The van der Waals surface area contributed by atoms with Gasteiger partial charge in [0, 0.05) is 30.9 Å². The summed E-state index contributed by atoms with van der Waals surface area (Å²) in [7, 11) is 0. The predicted molar refractivity (Wildman–Crippen MR) is 89.0 cm³/mol. The van der Waals surface area contributed by atoms with Crippen LogP contribution in [0.2, 0.25) is 0 Å². The smallest absolute Gasteiger partial charge is 0.417 e. The summed E-state index contributed by atoms with van der Waals surface area (Å²) in [5, 5.41) is 11.8. The lowest BCUT2D eigenvalue weighted by molar-refractivity contribution is -0.144. The van der Waals surface area contributed by atoms with Crippen molar-refractivity contribution in [3.8, 4) is 11.6 Å². The number of hydrogen-bond donors (Lipinski definition) is 2. The molecular weight excluding hydrogens is 381 g/mol. The second kappa shape index (κ2) is 7.47. The van der Waals surface area contributed by atoms with E-state index in [1.165, 1.54) is 24.3 Å². The number of rotatable bonds is 5. The molecule has 0 saturated carbocycles. The largest absolute Gasteiger partial charge is 0.479 e. The lowest BCUT2D eigenvalue weighted by atomic mass is 9.98. The fourth-order valence-electron chi connectivity index (χ4n) is 2.58. The maximum absolute atomic E-state index is 12.5. The fraction of sp³-hybridized carbons (Fsp3) is 0.278. The Morgan fingerprint density at radius 1 is 1.18 bits per heavy atom. The van der Waals surface area contributed by atoms with E-state index in [9.17, 15) is 27.9 Å². The Bertz CT molecular complexity index is 860. The van der Waals surface area contributed by atoms with Gasteiger partial charge in [0.05, 0.1) is 12.2 Å². The molecule has 1 aliphatic heterocycles. The summed E-state index contributed by atoms with van der Waals surface area (Å²) in [5.74, 6) is -1.56. The Balaban J connectivity index is 1.66. The number of benzene rings is 1. The first-order valence-electron chi connectivity index (χ1n) is 8.14. The Labute approximate surface area is 157 Å². The van der Waals surface area contributed by atoms with E-state index in [0.29, 0.717) is 6.20 Å². The van der Waals surface area contributed by atoms with Gasteiger partial charge in [0.1, 0.15) is 5.75 Å². The van der Waals surface area contributed by atoms with E-state index in [2.05, 4.69) is 10.3 Å². The maximum Gasteiger partial charge on any atom is 0.417 e. The standard InChI is InChI=1S/C18H15F3N2O5/c19-18(20,21)12-3-6-14(22-9-12)28-13-4-1-11(2-5-13)15(24)23-17(16(25)26)7-8-27-10-17/h1-6,9H,7-8,10H2,(H,23,24)(H,25,26). The van der Waals surface area contributed by atoms with Crippen molar-refractivity contribution >= 4 is 11.9 Å². The van der Waals surface area contributed by atoms with Crippen LogP contribution in [0.15, 0.2) is 42.6 Å². The van der Waals surface area contributed by atoms with E-state index >= 15 is 0 Å². The number of carboxylic acid groups (broad SMARTS) is 1. The summed E-state index contributed by atoms with van der Waals surface area (Å²) in [6, 6.07) is 7.58. The van der Waals surface area contributed by atoms with Gasteiger partial charge in [-0.3, -0.25) is 4.79 Å². The number of aliphatic carboxylic acids is 1. The van der Waals surface area contributed by atoms with E-state index in [4.69, 9.17) is 9.47 Å². The number of nitrogens with zero attached hydrogens (tertiary/aromatic N) is 1. The first-order valence-corrected chi connectivity index (χ1v) is 8.14. The normalized spacial score (nSPS) is 19.2. The molecule has 148 valence electrons. The quantitative estimate of drug-likeness (QED) is 0.807. The molecule has 0 aliphatic carbocycles. The molecule has 1 aromatic carbocycles. The minimum Gasteiger partial charge on any atom is -0.479 e. The van der Waals surface area contributed by atoms with Crippen molar-refractivity contribution in [1.82, 2.24) is 10.3 Å². The number of amides is 1. The zero-order valence-electron chi connectivity index (χ0n) is 14.3. The van der Waals surface area contributed by atoms with Crippen LogP contribution in [-0.2, 0) is 15.7 Å². The van der Waals surface area contributed by atoms with Gasteiger partial charge in [0.15, 0.2) is 5.54 Å². The number of aromatic nitrogens is 1. The van der Waals surface area contributed by atoms with Crippen molar-refractivity contribution in [2.75, 3.05) is 13.2 Å². The molecule has 2 N–H and O–H groups in total. The molecular formula is C18H15F3N2O5. The van der Waals surface area contributed by atoms with Crippen LogP contribution in [0.25, 0.3) is 0 Å². The summed E-state index contributed by atoms with van der Waals surface area (Å²) in [5.41, 5.74) is -2.16. The fourth-order valence-corrected chi connectivity index (χ4v) is 2.58. The molecule has 3 rings (SSSR count). The molecule has 0 radical (unpaired) electrons. The molecule has 0 spiro atoms. The predicted octanol–water partition coefficient (Wildman–Crippen LogP) is 2.87. The van der Waals surface area contributed by atoms with Gasteiger partial charge in [-0.2, -0.15) is 13.2 Å². The van der Waals surface area contributed by atoms with Gasteiger partial charge in [-0.05, 0) is 30.3 Å². The Kier molecular flexibility index (Phi) is 5.23. The number of hydrogen-bond acceptors (Lipinski definition) is 5. The molecule has 1 amide bonds. The topological polar surface area (TPSA) is 97.8 Å². The third-order valence-corrected chi connectivity index (χ3v) is 4.19. The van der Waals surface area contributed by atoms with Crippen molar-refractivity contribution in [1.29, 1.82) is 0 Å². The van der Waals surface area contributed by atoms with Crippen LogP contribution < -0.4 is 10.1 Å². The minimum absolute atomic E-state index is 0.0434. The van der Waals surface area contributed by atoms with E-state index in [1.807, 2.05) is 0 Å². The van der Waals surface area contributed by atoms with Crippen LogP contribution in [0.5, 0.6) is 11.6 Å². The number of halogens is 3. The molecule has 1 saturated heterocycles. The zero-order chi connectivity index (χ0) is 20.4. The van der Waals surface area contributed by atoms with Gasteiger partial charge in [-0.1, -0.05) is 0 Å². The Hall–Kier alpha value is -3.14. The molecule has 1 fully saturated rings.